The molecule has 0 bridgehead atoms. The quantitative estimate of drug-likeness (QED) is 0.350. The molecule has 1 aliphatic rings. The number of ether oxygens (including phenoxy) is 2. The van der Waals surface area contributed by atoms with Crippen molar-refractivity contribution in [3.05, 3.63) is 23.8 Å². The lowest BCUT2D eigenvalue weighted by molar-refractivity contribution is -0.0504. The van der Waals surface area contributed by atoms with E-state index in [0.717, 1.165) is 31.8 Å². The summed E-state index contributed by atoms with van der Waals surface area (Å²) in [4.78, 5) is 6.74. The van der Waals surface area contributed by atoms with E-state index in [1.54, 1.807) is 19.2 Å². The summed E-state index contributed by atoms with van der Waals surface area (Å²) in [6.45, 7) is 4.12. The number of hydrogen-bond acceptors (Lipinski definition) is 4. The summed E-state index contributed by atoms with van der Waals surface area (Å²) in [5.74, 6) is 2.19. The standard InChI is InChI=1S/C21H34F2N4O2/c1-16-8-12-27(13-9-16)11-5-4-10-25-21(24-2)26-15-17-14-18(28-3)6-7-19(17)29-20(22)23/h6-7,14,16,20H,4-5,8-13,15H2,1-3H3,(H2,24,25,26). The van der Waals surface area contributed by atoms with Crippen LogP contribution in [0.1, 0.15) is 38.2 Å². The van der Waals surface area contributed by atoms with Crippen molar-refractivity contribution in [3.63, 3.8) is 0 Å². The molecule has 0 atom stereocenters. The van der Waals surface area contributed by atoms with E-state index in [1.165, 1.54) is 39.1 Å². The van der Waals surface area contributed by atoms with E-state index in [1.807, 2.05) is 0 Å². The number of halogens is 2. The lowest BCUT2D eigenvalue weighted by Gasteiger charge is -2.30. The number of benzene rings is 1. The number of aliphatic imine (C=N–C) groups is 1. The maximum Gasteiger partial charge on any atom is 0.387 e. The van der Waals surface area contributed by atoms with Crippen LogP contribution in [0.25, 0.3) is 0 Å². The van der Waals surface area contributed by atoms with Crippen LogP contribution in [0.5, 0.6) is 11.5 Å². The molecular formula is C21H34F2N4O2. The highest BCUT2D eigenvalue weighted by molar-refractivity contribution is 5.79. The first kappa shape index (κ1) is 23.2. The summed E-state index contributed by atoms with van der Waals surface area (Å²) in [5.41, 5.74) is 0.576. The minimum absolute atomic E-state index is 0.125. The zero-order valence-electron chi connectivity index (χ0n) is 17.7. The first-order chi connectivity index (χ1) is 14.0. The van der Waals surface area contributed by atoms with Crippen LogP contribution in [0.4, 0.5) is 8.78 Å². The summed E-state index contributed by atoms with van der Waals surface area (Å²) >= 11 is 0. The number of nitrogens with one attached hydrogen (secondary N) is 2. The molecule has 0 amide bonds. The third kappa shape index (κ3) is 8.43. The molecule has 1 aliphatic heterocycles. The van der Waals surface area contributed by atoms with E-state index in [4.69, 9.17) is 4.74 Å². The van der Waals surface area contributed by atoms with Crippen molar-refractivity contribution in [3.8, 4) is 11.5 Å². The average molecular weight is 413 g/mol. The van der Waals surface area contributed by atoms with Gasteiger partial charge in [-0.1, -0.05) is 6.92 Å². The number of guanidine groups is 1. The zero-order chi connectivity index (χ0) is 21.1. The summed E-state index contributed by atoms with van der Waals surface area (Å²) in [6.07, 6.45) is 4.79. The molecule has 0 saturated carbocycles. The van der Waals surface area contributed by atoms with Crippen LogP contribution in [0.2, 0.25) is 0 Å². The summed E-state index contributed by atoms with van der Waals surface area (Å²) in [7, 11) is 3.22. The van der Waals surface area contributed by atoms with Gasteiger partial charge in [0.05, 0.1) is 7.11 Å². The molecule has 2 N–H and O–H groups in total. The van der Waals surface area contributed by atoms with Crippen LogP contribution in [0, 0.1) is 5.92 Å². The van der Waals surface area contributed by atoms with Crippen LogP contribution >= 0.6 is 0 Å². The van der Waals surface area contributed by atoms with Gasteiger partial charge in [0.15, 0.2) is 5.96 Å². The molecular weight excluding hydrogens is 378 g/mol. The topological polar surface area (TPSA) is 58.1 Å². The molecule has 0 aromatic heterocycles. The molecule has 0 radical (unpaired) electrons. The molecule has 0 spiro atoms. The second-order valence-electron chi connectivity index (χ2n) is 7.44. The van der Waals surface area contributed by atoms with Gasteiger partial charge in [0.25, 0.3) is 0 Å². The molecule has 1 heterocycles. The number of alkyl halides is 2. The van der Waals surface area contributed by atoms with Gasteiger partial charge in [0, 0.05) is 25.7 Å². The Hall–Kier alpha value is -2.09. The Bertz CT molecular complexity index is 635. The molecule has 164 valence electrons. The molecule has 29 heavy (non-hydrogen) atoms. The van der Waals surface area contributed by atoms with Gasteiger partial charge in [-0.25, -0.2) is 0 Å². The molecule has 1 fully saturated rings. The number of piperidine rings is 1. The van der Waals surface area contributed by atoms with Gasteiger partial charge in [-0.2, -0.15) is 8.78 Å². The van der Waals surface area contributed by atoms with Crippen molar-refractivity contribution >= 4 is 5.96 Å². The Morgan fingerprint density at radius 3 is 2.66 bits per heavy atom. The Morgan fingerprint density at radius 2 is 2.00 bits per heavy atom. The summed E-state index contributed by atoms with van der Waals surface area (Å²) in [5, 5.41) is 6.42. The Labute approximate surface area is 172 Å². The zero-order valence-corrected chi connectivity index (χ0v) is 17.7. The highest BCUT2D eigenvalue weighted by Gasteiger charge is 2.15. The van der Waals surface area contributed by atoms with Crippen LogP contribution in [0.15, 0.2) is 23.2 Å². The number of likely N-dealkylation sites (tertiary alicyclic amines) is 1. The minimum atomic E-state index is -2.87. The van der Waals surface area contributed by atoms with E-state index < -0.39 is 6.61 Å². The Kier molecular flexibility index (Phi) is 9.97. The SMILES string of the molecule is CN=C(NCCCCN1CCC(C)CC1)NCc1cc(OC)ccc1OC(F)F. The normalized spacial score (nSPS) is 16.1. The first-order valence-electron chi connectivity index (χ1n) is 10.3. The van der Waals surface area contributed by atoms with Gasteiger partial charge in [-0.15, -0.1) is 0 Å². The molecule has 0 aliphatic carbocycles. The highest BCUT2D eigenvalue weighted by atomic mass is 19.3. The lowest BCUT2D eigenvalue weighted by atomic mass is 9.99. The van der Waals surface area contributed by atoms with Gasteiger partial charge in [-0.05, 0) is 69.4 Å². The Morgan fingerprint density at radius 1 is 1.24 bits per heavy atom. The van der Waals surface area contributed by atoms with Crippen molar-refractivity contribution in [2.45, 2.75) is 45.8 Å². The predicted octanol–water partition coefficient (Wildman–Crippen LogP) is 3.47. The fraction of sp³-hybridized carbons (Fsp3) is 0.667. The number of hydrogen-bond donors (Lipinski definition) is 2. The van der Waals surface area contributed by atoms with Crippen molar-refractivity contribution in [2.75, 3.05) is 40.3 Å². The third-order valence-corrected chi connectivity index (χ3v) is 5.22. The molecule has 8 heteroatoms. The van der Waals surface area contributed by atoms with E-state index >= 15 is 0 Å². The number of unbranched alkanes of at least 4 members (excludes halogenated alkanes) is 1. The lowest BCUT2D eigenvalue weighted by Crippen LogP contribution is -2.38. The van der Waals surface area contributed by atoms with Crippen LogP contribution in [-0.4, -0.2) is 57.8 Å². The van der Waals surface area contributed by atoms with Crippen molar-refractivity contribution < 1.29 is 18.3 Å². The van der Waals surface area contributed by atoms with E-state index in [0.29, 0.717) is 23.8 Å². The molecule has 0 unspecified atom stereocenters. The van der Waals surface area contributed by atoms with Crippen LogP contribution < -0.4 is 20.1 Å². The van der Waals surface area contributed by atoms with E-state index in [9.17, 15) is 8.78 Å². The van der Waals surface area contributed by atoms with Gasteiger partial charge in [0.1, 0.15) is 11.5 Å². The van der Waals surface area contributed by atoms with Crippen molar-refractivity contribution in [1.29, 1.82) is 0 Å². The fourth-order valence-corrected chi connectivity index (χ4v) is 3.38. The van der Waals surface area contributed by atoms with Gasteiger partial charge in [-0.3, -0.25) is 4.99 Å². The largest absolute Gasteiger partial charge is 0.497 e. The summed E-state index contributed by atoms with van der Waals surface area (Å²) < 4.78 is 35.0. The summed E-state index contributed by atoms with van der Waals surface area (Å²) in [6, 6.07) is 4.76. The second kappa shape index (κ2) is 12.5. The fourth-order valence-electron chi connectivity index (χ4n) is 3.38. The second-order valence-corrected chi connectivity index (χ2v) is 7.44. The van der Waals surface area contributed by atoms with Gasteiger partial charge >= 0.3 is 6.61 Å². The predicted molar refractivity (Wildman–Crippen MR) is 112 cm³/mol. The minimum Gasteiger partial charge on any atom is -0.497 e. The number of nitrogens with zero attached hydrogens (tertiary/aromatic N) is 2. The highest BCUT2D eigenvalue weighted by Crippen LogP contribution is 2.25. The van der Waals surface area contributed by atoms with E-state index in [2.05, 4.69) is 32.2 Å². The van der Waals surface area contributed by atoms with Crippen molar-refractivity contribution in [1.82, 2.24) is 15.5 Å². The third-order valence-electron chi connectivity index (χ3n) is 5.22. The number of rotatable bonds is 10. The average Bonchev–Trinajstić information content (AvgIpc) is 2.71. The van der Waals surface area contributed by atoms with Crippen LogP contribution in [0.3, 0.4) is 0 Å². The first-order valence-corrected chi connectivity index (χ1v) is 10.3. The molecule has 1 saturated heterocycles. The van der Waals surface area contributed by atoms with Gasteiger partial charge in [0.2, 0.25) is 0 Å². The molecule has 2 rings (SSSR count). The molecule has 1 aromatic carbocycles. The van der Waals surface area contributed by atoms with Gasteiger partial charge < -0.3 is 25.0 Å². The molecule has 1 aromatic rings. The molecule has 6 nitrogen and oxygen atoms in total. The van der Waals surface area contributed by atoms with E-state index in [-0.39, 0.29) is 5.75 Å². The number of methoxy groups -OCH3 is 1. The van der Waals surface area contributed by atoms with Crippen LogP contribution in [-0.2, 0) is 6.54 Å². The van der Waals surface area contributed by atoms with Crippen molar-refractivity contribution in [2.24, 2.45) is 10.9 Å². The monoisotopic (exact) mass is 412 g/mol. The Balaban J connectivity index is 1.73. The smallest absolute Gasteiger partial charge is 0.387 e. The maximum atomic E-state index is 12.6. The maximum absolute atomic E-state index is 12.6.